The molecular weight excluding hydrogens is 452 g/mol. The zero-order chi connectivity index (χ0) is 25.5. The number of imidazole rings is 1. The molecule has 1 aliphatic heterocycles. The third-order valence-corrected chi connectivity index (χ3v) is 6.28. The molecule has 35 heavy (non-hydrogen) atoms. The van der Waals surface area contributed by atoms with E-state index in [4.69, 9.17) is 14.2 Å². The third kappa shape index (κ3) is 4.41. The molecule has 0 radical (unpaired) electrons. The molecule has 1 fully saturated rings. The first-order valence-electron chi connectivity index (χ1n) is 11.2. The lowest BCUT2D eigenvalue weighted by atomic mass is 9.84. The maximum atomic E-state index is 13.5. The number of cyclic esters (lactones) is 2. The van der Waals surface area contributed by atoms with Crippen molar-refractivity contribution in [1.29, 1.82) is 0 Å². The van der Waals surface area contributed by atoms with Crippen molar-refractivity contribution in [3.05, 3.63) is 82.1 Å². The topological polar surface area (TPSA) is 114 Å². The van der Waals surface area contributed by atoms with Gasteiger partial charge in [0, 0.05) is 27.7 Å². The van der Waals surface area contributed by atoms with Crippen molar-refractivity contribution < 1.29 is 33.6 Å². The number of hydrogen-bond donors (Lipinski definition) is 1. The summed E-state index contributed by atoms with van der Waals surface area (Å²) in [4.78, 5) is 26.4. The van der Waals surface area contributed by atoms with Crippen molar-refractivity contribution in [2.45, 2.75) is 45.9 Å². The molecule has 0 bridgehead atoms. The number of phenols is 1. The fourth-order valence-electron chi connectivity index (χ4n) is 4.43. The smallest absolute Gasteiger partial charge is 0.324 e. The van der Waals surface area contributed by atoms with Crippen LogP contribution in [0.25, 0.3) is 0 Å². The summed E-state index contributed by atoms with van der Waals surface area (Å²) in [5, 5.41) is 23.7. The number of rotatable bonds is 6. The van der Waals surface area contributed by atoms with E-state index in [0.717, 1.165) is 10.3 Å². The SMILES string of the molecule is COc1cc([C@H](c2n(Cc3ccccc3)c(C)c(C)[n+]2[O-])C2C(=O)OC(C)(C)OC2=O)ccc1O. The zero-order valence-corrected chi connectivity index (χ0v) is 20.3. The Hall–Kier alpha value is -4.01. The fraction of sp³-hybridized carbons (Fsp3) is 0.346. The number of aromatic hydroxyl groups is 1. The van der Waals surface area contributed by atoms with Crippen LogP contribution in [0, 0.1) is 25.0 Å². The Labute approximate surface area is 203 Å². The summed E-state index contributed by atoms with van der Waals surface area (Å²) in [6.07, 6.45) is 0. The van der Waals surface area contributed by atoms with E-state index in [1.165, 1.54) is 33.1 Å². The van der Waals surface area contributed by atoms with Crippen LogP contribution >= 0.6 is 0 Å². The summed E-state index contributed by atoms with van der Waals surface area (Å²) in [7, 11) is 1.39. The number of esters is 2. The summed E-state index contributed by atoms with van der Waals surface area (Å²) in [5.41, 5.74) is 2.47. The van der Waals surface area contributed by atoms with Gasteiger partial charge in [-0.2, -0.15) is 0 Å². The first-order chi connectivity index (χ1) is 16.5. The van der Waals surface area contributed by atoms with Gasteiger partial charge in [-0.15, -0.1) is 0 Å². The predicted octanol–water partition coefficient (Wildman–Crippen LogP) is 3.09. The second kappa shape index (κ2) is 8.98. The van der Waals surface area contributed by atoms with Crippen LogP contribution in [0.5, 0.6) is 11.5 Å². The van der Waals surface area contributed by atoms with Crippen molar-refractivity contribution in [2.75, 3.05) is 7.11 Å². The second-order valence-corrected chi connectivity index (χ2v) is 9.02. The van der Waals surface area contributed by atoms with Gasteiger partial charge in [-0.1, -0.05) is 36.4 Å². The molecule has 9 heteroatoms. The third-order valence-electron chi connectivity index (χ3n) is 6.28. The molecular formula is C26H28N2O7. The fourth-order valence-corrected chi connectivity index (χ4v) is 4.43. The molecule has 0 amide bonds. The molecule has 1 saturated heterocycles. The van der Waals surface area contributed by atoms with Crippen LogP contribution in [0.15, 0.2) is 48.5 Å². The van der Waals surface area contributed by atoms with E-state index in [-0.39, 0.29) is 17.3 Å². The van der Waals surface area contributed by atoms with Gasteiger partial charge >= 0.3 is 11.9 Å². The average Bonchev–Trinajstić information content (AvgIpc) is 3.00. The molecule has 0 saturated carbocycles. The van der Waals surface area contributed by atoms with Crippen molar-refractivity contribution in [3.8, 4) is 11.5 Å². The summed E-state index contributed by atoms with van der Waals surface area (Å²) in [5.74, 6) is -5.35. The van der Waals surface area contributed by atoms with Gasteiger partial charge in [-0.05, 0) is 23.3 Å². The van der Waals surface area contributed by atoms with Gasteiger partial charge in [-0.3, -0.25) is 9.59 Å². The number of nitrogens with zero attached hydrogens (tertiary/aromatic N) is 2. The number of hydrogen-bond acceptors (Lipinski definition) is 7. The van der Waals surface area contributed by atoms with E-state index in [0.29, 0.717) is 23.5 Å². The van der Waals surface area contributed by atoms with Crippen LogP contribution in [0.3, 0.4) is 0 Å². The summed E-state index contributed by atoms with van der Waals surface area (Å²) in [6.45, 7) is 6.77. The lowest BCUT2D eigenvalue weighted by Gasteiger charge is -2.35. The Morgan fingerprint density at radius 2 is 1.74 bits per heavy atom. The molecule has 0 unspecified atom stereocenters. The number of benzene rings is 2. The lowest BCUT2D eigenvalue weighted by Crippen LogP contribution is -2.50. The van der Waals surface area contributed by atoms with Crippen molar-refractivity contribution >= 4 is 11.9 Å². The molecule has 9 nitrogen and oxygen atoms in total. The lowest BCUT2D eigenvalue weighted by molar-refractivity contribution is -0.621. The number of phenolic OH excluding ortho intramolecular Hbond substituents is 1. The standard InChI is InChI=1S/C26H28N2O7/c1-15-16(2)28(32)23(27(15)14-17-9-7-6-8-10-17)21(18-11-12-19(29)20(13-18)33-5)22-24(30)34-26(3,4)35-25(22)31/h6-13,21-22,29H,14H2,1-5H3/t21-/m0/s1. The van der Waals surface area contributed by atoms with E-state index in [1.54, 1.807) is 17.6 Å². The Bertz CT molecular complexity index is 1260. The Balaban J connectivity index is 1.95. The average molecular weight is 481 g/mol. The highest BCUT2D eigenvalue weighted by Gasteiger charge is 2.52. The summed E-state index contributed by atoms with van der Waals surface area (Å²) in [6, 6.07) is 14.0. The van der Waals surface area contributed by atoms with E-state index < -0.39 is 29.6 Å². The first kappa shape index (κ1) is 24.1. The molecule has 3 aromatic rings. The highest BCUT2D eigenvalue weighted by molar-refractivity contribution is 5.98. The molecule has 4 rings (SSSR count). The molecule has 1 N–H and O–H groups in total. The molecule has 0 spiro atoms. The van der Waals surface area contributed by atoms with Crippen molar-refractivity contribution in [2.24, 2.45) is 5.92 Å². The quantitative estimate of drug-likeness (QED) is 0.250. The van der Waals surface area contributed by atoms with Crippen molar-refractivity contribution in [1.82, 2.24) is 4.57 Å². The Morgan fingerprint density at radius 1 is 1.11 bits per heavy atom. The van der Waals surface area contributed by atoms with E-state index in [1.807, 2.05) is 37.3 Å². The Morgan fingerprint density at radius 3 is 2.34 bits per heavy atom. The highest BCUT2D eigenvalue weighted by atomic mass is 16.7. The van der Waals surface area contributed by atoms with Crippen LogP contribution in [0.2, 0.25) is 0 Å². The number of carbonyl (C=O) groups excluding carboxylic acids is 2. The minimum atomic E-state index is -1.44. The molecule has 1 aliphatic rings. The van der Waals surface area contributed by atoms with Gasteiger partial charge in [0.25, 0.3) is 11.6 Å². The molecule has 2 aromatic carbocycles. The van der Waals surface area contributed by atoms with Gasteiger partial charge in [0.05, 0.1) is 7.11 Å². The van der Waals surface area contributed by atoms with Gasteiger partial charge in [0.15, 0.2) is 17.4 Å². The molecule has 2 heterocycles. The Kier molecular flexibility index (Phi) is 6.19. The van der Waals surface area contributed by atoms with Crippen molar-refractivity contribution in [3.63, 3.8) is 0 Å². The zero-order valence-electron chi connectivity index (χ0n) is 20.3. The van der Waals surface area contributed by atoms with E-state index >= 15 is 0 Å². The minimum absolute atomic E-state index is 0.119. The first-order valence-corrected chi connectivity index (χ1v) is 11.2. The normalized spacial score (nSPS) is 16.5. The maximum absolute atomic E-state index is 13.5. The minimum Gasteiger partial charge on any atom is -0.711 e. The van der Waals surface area contributed by atoms with Crippen LogP contribution < -0.4 is 9.47 Å². The van der Waals surface area contributed by atoms with Gasteiger partial charge < -0.3 is 24.5 Å². The number of carbonyl (C=O) groups is 2. The van der Waals surface area contributed by atoms with Crippen LogP contribution in [0.4, 0.5) is 0 Å². The van der Waals surface area contributed by atoms with E-state index in [9.17, 15) is 19.9 Å². The second-order valence-electron chi connectivity index (χ2n) is 9.02. The largest absolute Gasteiger partial charge is 0.711 e. The summed E-state index contributed by atoms with van der Waals surface area (Å²) < 4.78 is 18.6. The van der Waals surface area contributed by atoms with Crippen LogP contribution in [0.1, 0.15) is 48.1 Å². The van der Waals surface area contributed by atoms with E-state index in [2.05, 4.69) is 0 Å². The monoisotopic (exact) mass is 480 g/mol. The van der Waals surface area contributed by atoms with Crippen LogP contribution in [-0.2, 0) is 25.6 Å². The number of aromatic nitrogens is 2. The van der Waals surface area contributed by atoms with Gasteiger partial charge in [-0.25, -0.2) is 9.30 Å². The maximum Gasteiger partial charge on any atom is 0.324 e. The molecule has 0 aliphatic carbocycles. The highest BCUT2D eigenvalue weighted by Crippen LogP contribution is 2.40. The number of methoxy groups -OCH3 is 1. The number of ether oxygens (including phenoxy) is 3. The predicted molar refractivity (Wildman–Crippen MR) is 125 cm³/mol. The molecule has 1 atom stereocenters. The summed E-state index contributed by atoms with van der Waals surface area (Å²) >= 11 is 0. The molecule has 1 aromatic heterocycles. The van der Waals surface area contributed by atoms with Gasteiger partial charge in [0.1, 0.15) is 23.9 Å². The van der Waals surface area contributed by atoms with Crippen LogP contribution in [-0.4, -0.2) is 34.5 Å². The van der Waals surface area contributed by atoms with Gasteiger partial charge in [0.2, 0.25) is 0 Å². The molecule has 184 valence electrons.